The van der Waals surface area contributed by atoms with Crippen LogP contribution < -0.4 is 10.6 Å². The number of aromatic nitrogens is 1. The number of nitrogens with one attached hydrogen (secondary N) is 2. The summed E-state index contributed by atoms with van der Waals surface area (Å²) in [6.07, 6.45) is 3.68. The number of anilines is 1. The predicted molar refractivity (Wildman–Crippen MR) is 87.9 cm³/mol. The Labute approximate surface area is 129 Å². The SMILES string of the molecule is CCCNc1cc(C(=O)NCc2sccc2CC)ccn1. The molecule has 2 heterocycles. The molecule has 2 rings (SSSR count). The minimum Gasteiger partial charge on any atom is -0.370 e. The zero-order valence-electron chi connectivity index (χ0n) is 12.5. The molecule has 2 N–H and O–H groups in total. The van der Waals surface area contributed by atoms with Gasteiger partial charge in [-0.2, -0.15) is 0 Å². The zero-order valence-corrected chi connectivity index (χ0v) is 13.3. The number of amides is 1. The van der Waals surface area contributed by atoms with Crippen molar-refractivity contribution < 1.29 is 4.79 Å². The van der Waals surface area contributed by atoms with Crippen molar-refractivity contribution in [1.29, 1.82) is 0 Å². The summed E-state index contributed by atoms with van der Waals surface area (Å²) in [6.45, 7) is 5.66. The Morgan fingerprint density at radius 2 is 2.19 bits per heavy atom. The Morgan fingerprint density at radius 1 is 1.33 bits per heavy atom. The lowest BCUT2D eigenvalue weighted by molar-refractivity contribution is 0.0951. The number of carbonyl (C=O) groups excluding carboxylic acids is 1. The topological polar surface area (TPSA) is 54.0 Å². The van der Waals surface area contributed by atoms with Crippen molar-refractivity contribution >= 4 is 23.1 Å². The Bertz CT molecular complexity index is 595. The van der Waals surface area contributed by atoms with Gasteiger partial charge in [-0.1, -0.05) is 13.8 Å². The van der Waals surface area contributed by atoms with Crippen LogP contribution in [0.5, 0.6) is 0 Å². The molecule has 0 saturated heterocycles. The van der Waals surface area contributed by atoms with Gasteiger partial charge in [-0.25, -0.2) is 4.98 Å². The lowest BCUT2D eigenvalue weighted by Crippen LogP contribution is -2.23. The van der Waals surface area contributed by atoms with Crippen LogP contribution in [0.25, 0.3) is 0 Å². The van der Waals surface area contributed by atoms with Crippen molar-refractivity contribution in [3.05, 3.63) is 45.8 Å². The summed E-state index contributed by atoms with van der Waals surface area (Å²) in [7, 11) is 0. The Kier molecular flexibility index (Phi) is 5.75. The van der Waals surface area contributed by atoms with Crippen LogP contribution in [0.15, 0.2) is 29.8 Å². The summed E-state index contributed by atoms with van der Waals surface area (Å²) in [6, 6.07) is 5.65. The first-order valence-electron chi connectivity index (χ1n) is 7.28. The van der Waals surface area contributed by atoms with Crippen LogP contribution in [0.3, 0.4) is 0 Å². The largest absolute Gasteiger partial charge is 0.370 e. The number of pyridine rings is 1. The monoisotopic (exact) mass is 303 g/mol. The van der Waals surface area contributed by atoms with E-state index in [0.717, 1.165) is 25.2 Å². The van der Waals surface area contributed by atoms with E-state index >= 15 is 0 Å². The second-order valence-electron chi connectivity index (χ2n) is 4.76. The molecule has 112 valence electrons. The summed E-state index contributed by atoms with van der Waals surface area (Å²) < 4.78 is 0. The fourth-order valence-electron chi connectivity index (χ4n) is 2.02. The maximum absolute atomic E-state index is 12.2. The highest BCUT2D eigenvalue weighted by Crippen LogP contribution is 2.17. The summed E-state index contributed by atoms with van der Waals surface area (Å²) in [5.41, 5.74) is 1.94. The first-order valence-corrected chi connectivity index (χ1v) is 8.16. The van der Waals surface area contributed by atoms with E-state index in [1.807, 2.05) is 0 Å². The van der Waals surface area contributed by atoms with Crippen molar-refractivity contribution in [3.8, 4) is 0 Å². The van der Waals surface area contributed by atoms with E-state index in [-0.39, 0.29) is 5.91 Å². The molecular weight excluding hydrogens is 282 g/mol. The Hall–Kier alpha value is -1.88. The minimum atomic E-state index is -0.0626. The van der Waals surface area contributed by atoms with Gasteiger partial charge >= 0.3 is 0 Å². The third kappa shape index (κ3) is 4.29. The molecule has 0 aliphatic heterocycles. The molecule has 2 aromatic rings. The fourth-order valence-corrected chi connectivity index (χ4v) is 2.94. The van der Waals surface area contributed by atoms with E-state index in [4.69, 9.17) is 0 Å². The maximum atomic E-state index is 12.2. The second-order valence-corrected chi connectivity index (χ2v) is 5.76. The van der Waals surface area contributed by atoms with E-state index < -0.39 is 0 Å². The lowest BCUT2D eigenvalue weighted by atomic mass is 10.2. The molecule has 0 aliphatic carbocycles. The summed E-state index contributed by atoms with van der Waals surface area (Å²) in [5.74, 6) is 0.683. The van der Waals surface area contributed by atoms with Crippen LogP contribution in [-0.2, 0) is 13.0 Å². The first kappa shape index (κ1) is 15.5. The molecule has 0 aromatic carbocycles. The molecule has 0 atom stereocenters. The molecular formula is C16H21N3OS. The van der Waals surface area contributed by atoms with Gasteiger partial charge in [0.1, 0.15) is 5.82 Å². The molecule has 0 radical (unpaired) electrons. The van der Waals surface area contributed by atoms with Gasteiger partial charge in [0.15, 0.2) is 0 Å². The first-order chi connectivity index (χ1) is 10.2. The number of hydrogen-bond acceptors (Lipinski definition) is 4. The van der Waals surface area contributed by atoms with Crippen LogP contribution in [-0.4, -0.2) is 17.4 Å². The summed E-state index contributed by atoms with van der Waals surface area (Å²) in [4.78, 5) is 17.6. The van der Waals surface area contributed by atoms with Gasteiger partial charge < -0.3 is 10.6 Å². The van der Waals surface area contributed by atoms with Crippen molar-refractivity contribution in [2.24, 2.45) is 0 Å². The molecule has 0 bridgehead atoms. The average molecular weight is 303 g/mol. The molecule has 0 saturated carbocycles. The predicted octanol–water partition coefficient (Wildman–Crippen LogP) is 3.46. The van der Waals surface area contributed by atoms with Crippen LogP contribution in [0.4, 0.5) is 5.82 Å². The number of hydrogen-bond donors (Lipinski definition) is 2. The maximum Gasteiger partial charge on any atom is 0.251 e. The quantitative estimate of drug-likeness (QED) is 0.823. The van der Waals surface area contributed by atoms with Crippen molar-refractivity contribution in [3.63, 3.8) is 0 Å². The van der Waals surface area contributed by atoms with Gasteiger partial charge in [-0.05, 0) is 42.0 Å². The number of carbonyl (C=O) groups is 1. The lowest BCUT2D eigenvalue weighted by Gasteiger charge is -2.08. The number of thiophene rings is 1. The van der Waals surface area contributed by atoms with Crippen molar-refractivity contribution in [2.45, 2.75) is 33.2 Å². The van der Waals surface area contributed by atoms with Gasteiger partial charge in [0.25, 0.3) is 5.91 Å². The molecule has 0 spiro atoms. The van der Waals surface area contributed by atoms with E-state index in [9.17, 15) is 4.79 Å². The summed E-state index contributed by atoms with van der Waals surface area (Å²) >= 11 is 1.69. The molecule has 4 nitrogen and oxygen atoms in total. The average Bonchev–Trinajstić information content (AvgIpc) is 2.98. The van der Waals surface area contributed by atoms with Gasteiger partial charge in [0.05, 0.1) is 6.54 Å². The minimum absolute atomic E-state index is 0.0626. The van der Waals surface area contributed by atoms with Gasteiger partial charge in [-0.3, -0.25) is 4.79 Å². The summed E-state index contributed by atoms with van der Waals surface area (Å²) in [5, 5.41) is 8.23. The third-order valence-electron chi connectivity index (χ3n) is 3.21. The molecule has 5 heteroatoms. The van der Waals surface area contributed by atoms with Crippen molar-refractivity contribution in [1.82, 2.24) is 10.3 Å². The third-order valence-corrected chi connectivity index (χ3v) is 4.17. The van der Waals surface area contributed by atoms with Crippen LogP contribution in [0, 0.1) is 0 Å². The molecule has 0 fully saturated rings. The number of nitrogens with zero attached hydrogens (tertiary/aromatic N) is 1. The van der Waals surface area contributed by atoms with E-state index in [1.54, 1.807) is 29.7 Å². The van der Waals surface area contributed by atoms with Crippen molar-refractivity contribution in [2.75, 3.05) is 11.9 Å². The zero-order chi connectivity index (χ0) is 15.1. The van der Waals surface area contributed by atoms with Gasteiger partial charge in [0, 0.05) is 23.2 Å². The number of aryl methyl sites for hydroxylation is 1. The highest BCUT2D eigenvalue weighted by atomic mass is 32.1. The fraction of sp³-hybridized carbons (Fsp3) is 0.375. The molecule has 0 aliphatic rings. The van der Waals surface area contributed by atoms with Gasteiger partial charge in [0.2, 0.25) is 0 Å². The highest BCUT2D eigenvalue weighted by Gasteiger charge is 2.08. The van der Waals surface area contributed by atoms with Gasteiger partial charge in [-0.15, -0.1) is 11.3 Å². The molecule has 0 unspecified atom stereocenters. The number of rotatable bonds is 7. The molecule has 2 aromatic heterocycles. The van der Waals surface area contributed by atoms with Crippen LogP contribution in [0.2, 0.25) is 0 Å². The Balaban J connectivity index is 1.97. The molecule has 21 heavy (non-hydrogen) atoms. The van der Waals surface area contributed by atoms with Crippen LogP contribution >= 0.6 is 11.3 Å². The second kappa shape index (κ2) is 7.78. The molecule has 1 amide bonds. The van der Waals surface area contributed by atoms with E-state index in [1.165, 1.54) is 10.4 Å². The van der Waals surface area contributed by atoms with E-state index in [2.05, 4.69) is 40.9 Å². The highest BCUT2D eigenvalue weighted by molar-refractivity contribution is 7.10. The smallest absolute Gasteiger partial charge is 0.251 e. The van der Waals surface area contributed by atoms with Crippen LogP contribution in [0.1, 0.15) is 41.1 Å². The normalized spacial score (nSPS) is 10.4. The Morgan fingerprint density at radius 3 is 2.95 bits per heavy atom. The van der Waals surface area contributed by atoms with E-state index in [0.29, 0.717) is 12.1 Å². The standard InChI is InChI=1S/C16H21N3OS/c1-3-7-17-15-10-13(5-8-18-15)16(20)19-11-14-12(4-2)6-9-21-14/h5-6,8-10H,3-4,7,11H2,1-2H3,(H,17,18)(H,19,20).